The van der Waals surface area contributed by atoms with Crippen molar-refractivity contribution >= 4 is 27.7 Å². The van der Waals surface area contributed by atoms with Crippen LogP contribution in [0.2, 0.25) is 0 Å². The Kier molecular flexibility index (Phi) is 7.50. The van der Waals surface area contributed by atoms with Crippen LogP contribution in [0.15, 0.2) is 36.7 Å². The Morgan fingerprint density at radius 1 is 1.05 bits per heavy atom. The lowest BCUT2D eigenvalue weighted by Gasteiger charge is -2.33. The van der Waals surface area contributed by atoms with Crippen LogP contribution >= 0.6 is 0 Å². The zero-order valence-corrected chi connectivity index (χ0v) is 24.2. The third-order valence-electron chi connectivity index (χ3n) is 8.58. The molecule has 3 aliphatic rings. The number of hydrogen-bond donors (Lipinski definition) is 1. The lowest BCUT2D eigenvalue weighted by molar-refractivity contribution is -0.134. The fourth-order valence-electron chi connectivity index (χ4n) is 6.19. The highest BCUT2D eigenvalue weighted by atomic mass is 19.1. The van der Waals surface area contributed by atoms with E-state index in [-0.39, 0.29) is 29.7 Å². The number of fused-ring (bicyclic) bond motifs is 3. The SMILES string of the molecule is COc1cc2c(Oc3ccc4[nH]c(C)cc4c3F)ncnc2cc1OCC1CCN(C(=O)CN2C[C@@H]3OCO[C@@H]3C2)CC1. The molecule has 2 aromatic heterocycles. The summed E-state index contributed by atoms with van der Waals surface area (Å²) in [6.07, 6.45) is 3.26. The van der Waals surface area contributed by atoms with Gasteiger partial charge in [-0.3, -0.25) is 9.69 Å². The predicted octanol–water partition coefficient (Wildman–Crippen LogP) is 4.03. The predicted molar refractivity (Wildman–Crippen MR) is 155 cm³/mol. The van der Waals surface area contributed by atoms with Gasteiger partial charge in [0.15, 0.2) is 23.1 Å². The number of benzene rings is 2. The molecule has 12 heteroatoms. The van der Waals surface area contributed by atoms with Gasteiger partial charge in [0.1, 0.15) is 25.3 Å². The molecule has 0 bridgehead atoms. The molecule has 1 N–H and O–H groups in total. The number of carbonyl (C=O) groups excluding carboxylic acids is 1. The van der Waals surface area contributed by atoms with Crippen LogP contribution < -0.4 is 14.2 Å². The molecular weight excluding hydrogens is 557 g/mol. The molecule has 2 atom stereocenters. The highest BCUT2D eigenvalue weighted by Crippen LogP contribution is 2.38. The maximum Gasteiger partial charge on any atom is 0.236 e. The summed E-state index contributed by atoms with van der Waals surface area (Å²) in [6, 6.07) is 8.64. The van der Waals surface area contributed by atoms with Crippen molar-refractivity contribution in [3.63, 3.8) is 0 Å². The third kappa shape index (κ3) is 5.57. The molecule has 11 nitrogen and oxygen atoms in total. The summed E-state index contributed by atoms with van der Waals surface area (Å²) < 4.78 is 44.1. The van der Waals surface area contributed by atoms with E-state index in [0.29, 0.717) is 72.3 Å². The minimum Gasteiger partial charge on any atom is -0.493 e. The van der Waals surface area contributed by atoms with E-state index in [1.165, 1.54) is 6.33 Å². The molecule has 0 aliphatic carbocycles. The van der Waals surface area contributed by atoms with Crippen LogP contribution in [-0.4, -0.2) is 96.1 Å². The lowest BCUT2D eigenvalue weighted by atomic mass is 9.97. The Balaban J connectivity index is 0.981. The van der Waals surface area contributed by atoms with Crippen molar-refractivity contribution in [2.24, 2.45) is 5.92 Å². The molecule has 226 valence electrons. The molecule has 0 unspecified atom stereocenters. The van der Waals surface area contributed by atoms with Gasteiger partial charge in [-0.2, -0.15) is 0 Å². The van der Waals surface area contributed by atoms with Crippen LogP contribution in [-0.2, 0) is 14.3 Å². The number of aromatic amines is 1. The first-order valence-electron chi connectivity index (χ1n) is 14.6. The first kappa shape index (κ1) is 27.8. The van der Waals surface area contributed by atoms with Gasteiger partial charge in [-0.15, -0.1) is 0 Å². The van der Waals surface area contributed by atoms with Crippen molar-refractivity contribution in [1.29, 1.82) is 0 Å². The van der Waals surface area contributed by atoms with Gasteiger partial charge in [-0.05, 0) is 49.9 Å². The minimum absolute atomic E-state index is 0.0710. The summed E-state index contributed by atoms with van der Waals surface area (Å²) in [5.41, 5.74) is 2.15. The van der Waals surface area contributed by atoms with E-state index in [1.54, 1.807) is 37.4 Å². The minimum atomic E-state index is -0.462. The van der Waals surface area contributed by atoms with Crippen molar-refractivity contribution in [2.75, 3.05) is 53.2 Å². The largest absolute Gasteiger partial charge is 0.493 e. The number of piperidine rings is 1. The summed E-state index contributed by atoms with van der Waals surface area (Å²) in [7, 11) is 1.57. The standard InChI is InChI=1S/C31H34FN5O6/c1-18-9-20-22(35-18)3-4-24(30(20)32)43-31-21-10-25(39-2)26(11-23(21)33-16-34-31)40-15-19-5-7-37(8-6-19)29(38)14-36-12-27-28(13-36)42-17-41-27/h3-4,9-11,16,19,27-28,35H,5-8,12-15,17H2,1-2H3/t27-,28+. The van der Waals surface area contributed by atoms with Crippen LogP contribution in [0.5, 0.6) is 23.1 Å². The Morgan fingerprint density at radius 2 is 1.84 bits per heavy atom. The number of ether oxygens (including phenoxy) is 5. The van der Waals surface area contributed by atoms with E-state index < -0.39 is 5.82 Å². The van der Waals surface area contributed by atoms with Crippen molar-refractivity contribution in [1.82, 2.24) is 24.8 Å². The molecule has 3 aliphatic heterocycles. The smallest absolute Gasteiger partial charge is 0.236 e. The van der Waals surface area contributed by atoms with E-state index in [0.717, 1.165) is 31.6 Å². The zero-order valence-electron chi connectivity index (χ0n) is 24.2. The first-order chi connectivity index (χ1) is 20.9. The molecule has 2 aromatic carbocycles. The second-order valence-electron chi connectivity index (χ2n) is 11.4. The quantitative estimate of drug-likeness (QED) is 0.325. The van der Waals surface area contributed by atoms with E-state index in [1.807, 2.05) is 11.8 Å². The molecule has 5 heterocycles. The molecule has 0 spiro atoms. The summed E-state index contributed by atoms with van der Waals surface area (Å²) >= 11 is 0. The molecule has 1 amide bonds. The number of hydrogen-bond acceptors (Lipinski definition) is 9. The normalized spacial score (nSPS) is 21.0. The van der Waals surface area contributed by atoms with Crippen molar-refractivity contribution < 1.29 is 32.9 Å². The monoisotopic (exact) mass is 591 g/mol. The van der Waals surface area contributed by atoms with Crippen LogP contribution in [0.3, 0.4) is 0 Å². The van der Waals surface area contributed by atoms with E-state index >= 15 is 4.39 Å². The summed E-state index contributed by atoms with van der Waals surface area (Å²) in [6.45, 7) is 6.01. The van der Waals surface area contributed by atoms with Gasteiger partial charge in [0.2, 0.25) is 11.8 Å². The molecule has 0 saturated carbocycles. The Bertz CT molecular complexity index is 1640. The summed E-state index contributed by atoms with van der Waals surface area (Å²) in [4.78, 5) is 28.7. The number of halogens is 1. The molecule has 4 aromatic rings. The number of nitrogens with one attached hydrogen (secondary N) is 1. The number of aromatic nitrogens is 3. The number of H-pyrrole nitrogens is 1. The highest BCUT2D eigenvalue weighted by molar-refractivity contribution is 5.87. The zero-order chi connectivity index (χ0) is 29.5. The number of nitrogens with zero attached hydrogens (tertiary/aromatic N) is 4. The van der Waals surface area contributed by atoms with Crippen molar-refractivity contribution in [3.8, 4) is 23.1 Å². The second kappa shape index (κ2) is 11.6. The average molecular weight is 592 g/mol. The molecule has 43 heavy (non-hydrogen) atoms. The number of likely N-dealkylation sites (tertiary alicyclic amines) is 2. The van der Waals surface area contributed by atoms with Gasteiger partial charge in [0.05, 0.1) is 31.2 Å². The molecule has 3 saturated heterocycles. The first-order valence-corrected chi connectivity index (χ1v) is 14.6. The van der Waals surface area contributed by atoms with E-state index in [9.17, 15) is 4.79 Å². The fourth-order valence-corrected chi connectivity index (χ4v) is 6.19. The van der Waals surface area contributed by atoms with Gasteiger partial charge < -0.3 is 33.6 Å². The maximum atomic E-state index is 15.2. The Morgan fingerprint density at radius 3 is 2.60 bits per heavy atom. The number of carbonyl (C=O) groups is 1. The average Bonchev–Trinajstić information content (AvgIpc) is 3.72. The second-order valence-corrected chi connectivity index (χ2v) is 11.4. The Hall–Kier alpha value is -4.00. The number of rotatable bonds is 8. The van der Waals surface area contributed by atoms with Crippen molar-refractivity contribution in [2.45, 2.75) is 32.0 Å². The van der Waals surface area contributed by atoms with Crippen LogP contribution in [0.1, 0.15) is 18.5 Å². The van der Waals surface area contributed by atoms with Crippen molar-refractivity contribution in [3.05, 3.63) is 48.2 Å². The van der Waals surface area contributed by atoms with E-state index in [2.05, 4.69) is 19.9 Å². The number of methoxy groups -OCH3 is 1. The summed E-state index contributed by atoms with van der Waals surface area (Å²) in [5, 5.41) is 1.03. The van der Waals surface area contributed by atoms with Gasteiger partial charge in [-0.25, -0.2) is 14.4 Å². The summed E-state index contributed by atoms with van der Waals surface area (Å²) in [5.74, 6) is 1.33. The molecule has 3 fully saturated rings. The van der Waals surface area contributed by atoms with Crippen LogP contribution in [0.25, 0.3) is 21.8 Å². The molecule has 0 radical (unpaired) electrons. The Labute approximate surface area is 247 Å². The van der Waals surface area contributed by atoms with Gasteiger partial charge in [0, 0.05) is 48.8 Å². The number of aryl methyl sites for hydroxylation is 1. The number of amides is 1. The molecule has 7 rings (SSSR count). The lowest BCUT2D eigenvalue weighted by Crippen LogP contribution is -2.44. The van der Waals surface area contributed by atoms with Gasteiger partial charge >= 0.3 is 0 Å². The maximum absolute atomic E-state index is 15.2. The van der Waals surface area contributed by atoms with Crippen LogP contribution in [0.4, 0.5) is 4.39 Å². The van der Waals surface area contributed by atoms with Gasteiger partial charge in [-0.1, -0.05) is 0 Å². The third-order valence-corrected chi connectivity index (χ3v) is 8.58. The fraction of sp³-hybridized carbons (Fsp3) is 0.452. The van der Waals surface area contributed by atoms with E-state index in [4.69, 9.17) is 23.7 Å². The molecular formula is C31H34FN5O6. The van der Waals surface area contributed by atoms with Crippen LogP contribution in [0, 0.1) is 18.7 Å². The topological polar surface area (TPSA) is 111 Å². The van der Waals surface area contributed by atoms with Gasteiger partial charge in [0.25, 0.3) is 0 Å². The highest BCUT2D eigenvalue weighted by Gasteiger charge is 2.39.